The van der Waals surface area contributed by atoms with Crippen molar-refractivity contribution in [2.75, 3.05) is 7.05 Å². The van der Waals surface area contributed by atoms with E-state index in [1.165, 1.54) is 17.0 Å². The first-order chi connectivity index (χ1) is 9.06. The zero-order valence-electron chi connectivity index (χ0n) is 10.3. The maximum absolute atomic E-state index is 13.1. The van der Waals surface area contributed by atoms with Gasteiger partial charge in [-0.1, -0.05) is 12.1 Å². The topological polar surface area (TPSA) is 33.2 Å². The second kappa shape index (κ2) is 5.93. The van der Waals surface area contributed by atoms with Gasteiger partial charge in [-0.3, -0.25) is 4.79 Å². The maximum Gasteiger partial charge on any atom is 0.272 e. The first kappa shape index (κ1) is 13.7. The minimum absolute atomic E-state index is 0.197. The molecular formula is C14H12BrFN2O. The second-order valence-corrected chi connectivity index (χ2v) is 5.07. The number of benzene rings is 1. The Balaban J connectivity index is 2.09. The highest BCUT2D eigenvalue weighted by Crippen LogP contribution is 2.11. The van der Waals surface area contributed by atoms with Gasteiger partial charge in [0.15, 0.2) is 0 Å². The average molecular weight is 323 g/mol. The minimum Gasteiger partial charge on any atom is -0.336 e. The standard InChI is InChI=1S/C14H12BrFN2O/c1-18(9-10-3-2-4-12(16)7-10)14(19)13-6-5-11(15)8-17-13/h2-8H,9H2,1H3. The Hall–Kier alpha value is -1.75. The molecule has 2 aromatic rings. The fourth-order valence-electron chi connectivity index (χ4n) is 1.68. The molecule has 0 saturated heterocycles. The molecule has 0 spiro atoms. The van der Waals surface area contributed by atoms with Crippen molar-refractivity contribution >= 4 is 21.8 Å². The summed E-state index contributed by atoms with van der Waals surface area (Å²) in [5.41, 5.74) is 1.11. The van der Waals surface area contributed by atoms with Gasteiger partial charge in [0.25, 0.3) is 5.91 Å². The lowest BCUT2D eigenvalue weighted by Crippen LogP contribution is -2.26. The Morgan fingerprint density at radius 1 is 1.37 bits per heavy atom. The summed E-state index contributed by atoms with van der Waals surface area (Å²) in [6.07, 6.45) is 1.57. The SMILES string of the molecule is CN(Cc1cccc(F)c1)C(=O)c1ccc(Br)cn1. The summed E-state index contributed by atoms with van der Waals surface area (Å²) in [6.45, 7) is 0.342. The summed E-state index contributed by atoms with van der Waals surface area (Å²) in [5, 5.41) is 0. The molecule has 1 amide bonds. The predicted molar refractivity (Wildman–Crippen MR) is 74.1 cm³/mol. The van der Waals surface area contributed by atoms with Gasteiger partial charge in [-0.05, 0) is 45.8 Å². The Labute approximate surface area is 119 Å². The molecule has 1 aromatic heterocycles. The zero-order chi connectivity index (χ0) is 13.8. The van der Waals surface area contributed by atoms with Crippen molar-refractivity contribution in [2.24, 2.45) is 0 Å². The van der Waals surface area contributed by atoms with Crippen LogP contribution in [0.15, 0.2) is 47.1 Å². The number of hydrogen-bond acceptors (Lipinski definition) is 2. The lowest BCUT2D eigenvalue weighted by molar-refractivity contribution is 0.0779. The molecule has 1 heterocycles. The van der Waals surface area contributed by atoms with Crippen molar-refractivity contribution in [1.82, 2.24) is 9.88 Å². The molecule has 0 radical (unpaired) electrons. The number of carbonyl (C=O) groups is 1. The summed E-state index contributed by atoms with van der Waals surface area (Å²) in [5.74, 6) is -0.503. The first-order valence-corrected chi connectivity index (χ1v) is 6.47. The average Bonchev–Trinajstić information content (AvgIpc) is 2.39. The van der Waals surface area contributed by atoms with E-state index in [2.05, 4.69) is 20.9 Å². The van der Waals surface area contributed by atoms with Gasteiger partial charge >= 0.3 is 0 Å². The molecule has 0 saturated carbocycles. The molecule has 19 heavy (non-hydrogen) atoms. The number of aromatic nitrogens is 1. The molecule has 3 nitrogen and oxygen atoms in total. The fourth-order valence-corrected chi connectivity index (χ4v) is 1.91. The van der Waals surface area contributed by atoms with Crippen LogP contribution in [0.1, 0.15) is 16.1 Å². The largest absolute Gasteiger partial charge is 0.336 e. The smallest absolute Gasteiger partial charge is 0.272 e. The van der Waals surface area contributed by atoms with E-state index in [0.29, 0.717) is 12.2 Å². The number of pyridine rings is 1. The van der Waals surface area contributed by atoms with Crippen LogP contribution in [0.25, 0.3) is 0 Å². The number of halogens is 2. The van der Waals surface area contributed by atoms with Crippen molar-refractivity contribution in [3.8, 4) is 0 Å². The van der Waals surface area contributed by atoms with Crippen LogP contribution < -0.4 is 0 Å². The van der Waals surface area contributed by atoms with E-state index in [9.17, 15) is 9.18 Å². The third-order valence-corrected chi connectivity index (χ3v) is 3.07. The zero-order valence-corrected chi connectivity index (χ0v) is 11.9. The van der Waals surface area contributed by atoms with Gasteiger partial charge in [0.05, 0.1) is 0 Å². The molecule has 2 rings (SSSR count). The van der Waals surface area contributed by atoms with E-state index in [0.717, 1.165) is 10.0 Å². The van der Waals surface area contributed by atoms with E-state index in [1.807, 2.05) is 0 Å². The molecule has 0 aliphatic heterocycles. The molecule has 0 aliphatic carbocycles. The van der Waals surface area contributed by atoms with Gasteiger partial charge in [-0.15, -0.1) is 0 Å². The van der Waals surface area contributed by atoms with Crippen LogP contribution in [0.2, 0.25) is 0 Å². The molecule has 0 atom stereocenters. The molecule has 5 heteroatoms. The van der Waals surface area contributed by atoms with Crippen LogP contribution in [-0.4, -0.2) is 22.8 Å². The van der Waals surface area contributed by atoms with Gasteiger partial charge in [0, 0.05) is 24.3 Å². The van der Waals surface area contributed by atoms with Crippen LogP contribution in [-0.2, 0) is 6.54 Å². The number of amides is 1. The van der Waals surface area contributed by atoms with Crippen molar-refractivity contribution in [1.29, 1.82) is 0 Å². The van der Waals surface area contributed by atoms with Crippen molar-refractivity contribution in [2.45, 2.75) is 6.54 Å². The van der Waals surface area contributed by atoms with E-state index < -0.39 is 0 Å². The Kier molecular flexibility index (Phi) is 4.27. The Morgan fingerprint density at radius 2 is 2.16 bits per heavy atom. The highest BCUT2D eigenvalue weighted by molar-refractivity contribution is 9.10. The Bertz CT molecular complexity index is 586. The molecule has 0 aliphatic rings. The number of hydrogen-bond donors (Lipinski definition) is 0. The fraction of sp³-hybridized carbons (Fsp3) is 0.143. The molecule has 0 unspecified atom stereocenters. The number of rotatable bonds is 3. The lowest BCUT2D eigenvalue weighted by Gasteiger charge is -2.16. The molecule has 98 valence electrons. The van der Waals surface area contributed by atoms with Gasteiger partial charge in [0.2, 0.25) is 0 Å². The summed E-state index contributed by atoms with van der Waals surface area (Å²) in [7, 11) is 1.66. The number of nitrogens with zero attached hydrogens (tertiary/aromatic N) is 2. The summed E-state index contributed by atoms with van der Waals surface area (Å²) >= 11 is 3.26. The highest BCUT2D eigenvalue weighted by Gasteiger charge is 2.13. The summed E-state index contributed by atoms with van der Waals surface area (Å²) in [4.78, 5) is 17.7. The van der Waals surface area contributed by atoms with E-state index in [-0.39, 0.29) is 11.7 Å². The maximum atomic E-state index is 13.1. The van der Waals surface area contributed by atoms with E-state index >= 15 is 0 Å². The third-order valence-electron chi connectivity index (χ3n) is 2.60. The number of carbonyl (C=O) groups excluding carboxylic acids is 1. The monoisotopic (exact) mass is 322 g/mol. The second-order valence-electron chi connectivity index (χ2n) is 4.15. The molecule has 0 N–H and O–H groups in total. The van der Waals surface area contributed by atoms with E-state index in [4.69, 9.17) is 0 Å². The van der Waals surface area contributed by atoms with Crippen LogP contribution >= 0.6 is 15.9 Å². The summed E-state index contributed by atoms with van der Waals surface area (Å²) in [6, 6.07) is 9.61. The quantitative estimate of drug-likeness (QED) is 0.869. The minimum atomic E-state index is -0.305. The van der Waals surface area contributed by atoms with Gasteiger partial charge in [0.1, 0.15) is 11.5 Å². The van der Waals surface area contributed by atoms with Crippen LogP contribution in [0, 0.1) is 5.82 Å². The summed E-state index contributed by atoms with van der Waals surface area (Å²) < 4.78 is 13.9. The Morgan fingerprint density at radius 3 is 2.79 bits per heavy atom. The lowest BCUT2D eigenvalue weighted by atomic mass is 10.2. The van der Waals surface area contributed by atoms with Crippen LogP contribution in [0.4, 0.5) is 4.39 Å². The van der Waals surface area contributed by atoms with E-state index in [1.54, 1.807) is 37.5 Å². The van der Waals surface area contributed by atoms with Gasteiger partial charge in [-0.25, -0.2) is 9.37 Å². The highest BCUT2D eigenvalue weighted by atomic mass is 79.9. The van der Waals surface area contributed by atoms with Crippen molar-refractivity contribution in [3.63, 3.8) is 0 Å². The third kappa shape index (κ3) is 3.61. The molecule has 0 fully saturated rings. The molecule has 0 bridgehead atoms. The molecular weight excluding hydrogens is 311 g/mol. The van der Waals surface area contributed by atoms with Gasteiger partial charge in [-0.2, -0.15) is 0 Å². The molecule has 1 aromatic carbocycles. The normalized spacial score (nSPS) is 10.3. The van der Waals surface area contributed by atoms with Crippen molar-refractivity contribution < 1.29 is 9.18 Å². The predicted octanol–water partition coefficient (Wildman–Crippen LogP) is 3.26. The van der Waals surface area contributed by atoms with Crippen LogP contribution in [0.5, 0.6) is 0 Å². The van der Waals surface area contributed by atoms with Crippen molar-refractivity contribution in [3.05, 3.63) is 64.1 Å². The first-order valence-electron chi connectivity index (χ1n) is 5.68. The van der Waals surface area contributed by atoms with Crippen LogP contribution in [0.3, 0.4) is 0 Å². The van der Waals surface area contributed by atoms with Gasteiger partial charge < -0.3 is 4.90 Å².